The number of rotatable bonds is 23. The van der Waals surface area contributed by atoms with E-state index < -0.39 is 7.60 Å². The minimum atomic E-state index is -3.55. The maximum absolute atomic E-state index is 12.5. The third-order valence-electron chi connectivity index (χ3n) is 6.41. The van der Waals surface area contributed by atoms with Crippen LogP contribution in [0.2, 0.25) is 0 Å². The van der Waals surface area contributed by atoms with Gasteiger partial charge >= 0.3 is 7.60 Å². The highest BCUT2D eigenvalue weighted by Gasteiger charge is 2.41. The largest absolute Gasteiger partial charge is 0.385 e. The third kappa shape index (κ3) is 18.3. The molecule has 0 heterocycles. The topological polar surface area (TPSA) is 46.5 Å². The molecule has 0 aromatic heterocycles. The number of quaternary nitrogens is 1. The van der Waals surface area contributed by atoms with Crippen molar-refractivity contribution >= 4 is 7.60 Å². The van der Waals surface area contributed by atoms with E-state index in [-0.39, 0.29) is 5.78 Å². The highest BCUT2D eigenvalue weighted by molar-refractivity contribution is 7.53. The van der Waals surface area contributed by atoms with E-state index in [0.717, 1.165) is 12.8 Å². The maximum Gasteiger partial charge on any atom is 0.385 e. The van der Waals surface area contributed by atoms with E-state index in [1.807, 2.05) is 28.1 Å². The van der Waals surface area contributed by atoms with E-state index in [1.54, 1.807) is 0 Å². The van der Waals surface area contributed by atoms with Gasteiger partial charge in [-0.15, -0.1) is 0 Å². The number of hydrogen-bond acceptors (Lipinski definition) is 2. The highest BCUT2D eigenvalue weighted by Crippen LogP contribution is 2.51. The van der Waals surface area contributed by atoms with Crippen LogP contribution in [0, 0.1) is 0 Å². The molecule has 0 aromatic rings. The normalized spacial score (nSPS) is 15.3. The number of nitrogens with zero attached hydrogens (tertiary/aromatic N) is 1. The van der Waals surface area contributed by atoms with E-state index in [2.05, 4.69) is 19.1 Å². The van der Waals surface area contributed by atoms with Crippen LogP contribution in [-0.4, -0.2) is 42.9 Å². The summed E-state index contributed by atoms with van der Waals surface area (Å²) in [5.41, 5.74) is 0. The highest BCUT2D eigenvalue weighted by atomic mass is 31.2. The molecule has 0 aromatic carbocycles. The molecule has 0 aliphatic heterocycles. The molecular formula is C27H57NO3P+. The van der Waals surface area contributed by atoms with Crippen LogP contribution in [0.4, 0.5) is 0 Å². The Morgan fingerprint density at radius 1 is 0.750 bits per heavy atom. The smallest absolute Gasteiger partial charge is 0.320 e. The van der Waals surface area contributed by atoms with Gasteiger partial charge in [0.25, 0.3) is 0 Å². The van der Waals surface area contributed by atoms with Crippen LogP contribution in [0.5, 0.6) is 0 Å². The van der Waals surface area contributed by atoms with Crippen molar-refractivity contribution < 1.29 is 18.5 Å². The molecule has 1 N–H and O–H groups in total. The first-order valence-electron chi connectivity index (χ1n) is 13.6. The second kappa shape index (κ2) is 20.2. The second-order valence-electron chi connectivity index (χ2n) is 10.4. The fourth-order valence-corrected chi connectivity index (χ4v) is 6.40. The predicted molar refractivity (Wildman–Crippen MR) is 141 cm³/mol. The van der Waals surface area contributed by atoms with Gasteiger partial charge in [-0.05, 0) is 26.2 Å². The fourth-order valence-electron chi connectivity index (χ4n) is 4.50. The summed E-state index contributed by atoms with van der Waals surface area (Å²) >= 11 is 0. The summed E-state index contributed by atoms with van der Waals surface area (Å²) < 4.78 is 18.4. The summed E-state index contributed by atoms with van der Waals surface area (Å²) in [6.07, 6.45) is 27.5. The first-order valence-corrected chi connectivity index (χ1v) is 15.3. The Labute approximate surface area is 201 Å². The van der Waals surface area contributed by atoms with Crippen LogP contribution in [0.3, 0.4) is 0 Å². The number of unbranched alkanes of at least 4 members (excludes halogenated alkanes) is 16. The SMILES string of the molecule is C/C=C\CCCCCCCCCCCCCCCCCCOP(=O)(O)C(CC)[N+](C)(C)C. The van der Waals surface area contributed by atoms with E-state index in [0.29, 0.717) is 17.5 Å². The van der Waals surface area contributed by atoms with E-state index in [1.165, 1.54) is 96.3 Å². The van der Waals surface area contributed by atoms with Crippen molar-refractivity contribution in [3.8, 4) is 0 Å². The number of allylic oxidation sites excluding steroid dienone is 2. The van der Waals surface area contributed by atoms with E-state index in [9.17, 15) is 9.46 Å². The summed E-state index contributed by atoms with van der Waals surface area (Å²) in [6, 6.07) is 0. The Bertz CT molecular complexity index is 488. The molecule has 32 heavy (non-hydrogen) atoms. The van der Waals surface area contributed by atoms with Crippen molar-refractivity contribution in [1.82, 2.24) is 0 Å². The van der Waals surface area contributed by atoms with Gasteiger partial charge in [0.2, 0.25) is 0 Å². The van der Waals surface area contributed by atoms with Gasteiger partial charge in [-0.25, -0.2) is 0 Å². The lowest BCUT2D eigenvalue weighted by Crippen LogP contribution is -2.44. The van der Waals surface area contributed by atoms with E-state index in [4.69, 9.17) is 4.52 Å². The maximum atomic E-state index is 12.5. The Morgan fingerprint density at radius 3 is 1.47 bits per heavy atom. The summed E-state index contributed by atoms with van der Waals surface area (Å²) in [4.78, 5) is 10.3. The lowest BCUT2D eigenvalue weighted by atomic mass is 10.0. The minimum Gasteiger partial charge on any atom is -0.320 e. The van der Waals surface area contributed by atoms with Gasteiger partial charge in [0.15, 0.2) is 5.78 Å². The fraction of sp³-hybridized carbons (Fsp3) is 0.926. The van der Waals surface area contributed by atoms with Crippen LogP contribution < -0.4 is 0 Å². The first-order chi connectivity index (χ1) is 15.3. The van der Waals surface area contributed by atoms with Gasteiger partial charge in [0.05, 0.1) is 27.7 Å². The van der Waals surface area contributed by atoms with Gasteiger partial charge < -0.3 is 13.9 Å². The molecule has 0 bridgehead atoms. The molecule has 0 aliphatic carbocycles. The Morgan fingerprint density at radius 2 is 1.12 bits per heavy atom. The lowest BCUT2D eigenvalue weighted by molar-refractivity contribution is -0.883. The molecule has 5 heteroatoms. The van der Waals surface area contributed by atoms with Crippen molar-refractivity contribution in [2.75, 3.05) is 27.7 Å². The molecule has 0 rings (SSSR count). The van der Waals surface area contributed by atoms with Crippen molar-refractivity contribution in [2.45, 2.75) is 135 Å². The van der Waals surface area contributed by atoms with Gasteiger partial charge in [-0.1, -0.05) is 109 Å². The standard InChI is InChI=1S/C27H56NO3P/c1-6-8-9-10-11-12-13-14-15-16-17-18-19-20-21-22-23-24-25-26-31-32(29,30)27(7-2)28(3,4)5/h6,8,27H,7,9-26H2,1-5H3/p+1/b8-6-. The Balaban J connectivity index is 3.39. The van der Waals surface area contributed by atoms with Crippen molar-refractivity contribution in [3.63, 3.8) is 0 Å². The Kier molecular flexibility index (Phi) is 20.1. The van der Waals surface area contributed by atoms with Crippen LogP contribution >= 0.6 is 7.60 Å². The van der Waals surface area contributed by atoms with Crippen LogP contribution in [0.25, 0.3) is 0 Å². The molecule has 0 aliphatic rings. The van der Waals surface area contributed by atoms with Crippen molar-refractivity contribution in [2.24, 2.45) is 0 Å². The van der Waals surface area contributed by atoms with Crippen LogP contribution in [0.15, 0.2) is 12.2 Å². The van der Waals surface area contributed by atoms with Gasteiger partial charge in [0.1, 0.15) is 0 Å². The third-order valence-corrected chi connectivity index (χ3v) is 8.78. The van der Waals surface area contributed by atoms with Crippen molar-refractivity contribution in [1.29, 1.82) is 0 Å². The zero-order valence-corrected chi connectivity index (χ0v) is 23.2. The summed E-state index contributed by atoms with van der Waals surface area (Å²) in [6.45, 7) is 4.46. The van der Waals surface area contributed by atoms with Crippen LogP contribution in [0.1, 0.15) is 129 Å². The molecule has 0 saturated carbocycles. The molecule has 0 spiro atoms. The van der Waals surface area contributed by atoms with E-state index >= 15 is 0 Å². The van der Waals surface area contributed by atoms with Crippen LogP contribution in [-0.2, 0) is 9.09 Å². The zero-order valence-electron chi connectivity index (χ0n) is 22.3. The average molecular weight is 475 g/mol. The molecule has 4 nitrogen and oxygen atoms in total. The van der Waals surface area contributed by atoms with Gasteiger partial charge in [-0.2, -0.15) is 0 Å². The summed E-state index contributed by atoms with van der Waals surface area (Å²) in [7, 11) is 2.32. The summed E-state index contributed by atoms with van der Waals surface area (Å²) in [5.74, 6) is -0.347. The molecule has 2 unspecified atom stereocenters. The minimum absolute atomic E-state index is 0.347. The zero-order chi connectivity index (χ0) is 24.1. The predicted octanol–water partition coefficient (Wildman–Crippen LogP) is 8.84. The monoisotopic (exact) mass is 474 g/mol. The lowest BCUT2D eigenvalue weighted by Gasteiger charge is -2.35. The van der Waals surface area contributed by atoms with Gasteiger partial charge in [-0.3, -0.25) is 4.57 Å². The van der Waals surface area contributed by atoms with Gasteiger partial charge in [0, 0.05) is 6.42 Å². The molecular weight excluding hydrogens is 417 g/mol. The second-order valence-corrected chi connectivity index (χ2v) is 12.4. The average Bonchev–Trinajstić information content (AvgIpc) is 2.71. The molecule has 0 fully saturated rings. The summed E-state index contributed by atoms with van der Waals surface area (Å²) in [5, 5.41) is 0. The molecule has 0 amide bonds. The van der Waals surface area contributed by atoms with Crippen molar-refractivity contribution in [3.05, 3.63) is 12.2 Å². The quantitative estimate of drug-likeness (QED) is 0.0696. The molecule has 2 atom stereocenters. The molecule has 192 valence electrons. The molecule has 0 radical (unpaired) electrons. The Hall–Kier alpha value is -0.150. The molecule has 0 saturated heterocycles. The first kappa shape index (κ1) is 31.9. The number of hydrogen-bond donors (Lipinski definition) is 1.